The average Bonchev–Trinajstić information content (AvgIpc) is 2.68. The Morgan fingerprint density at radius 3 is 2.31 bits per heavy atom. The maximum absolute atomic E-state index is 5.75. The van der Waals surface area contributed by atoms with Crippen LogP contribution in [0.4, 0.5) is 0 Å². The number of halogens is 1. The molecule has 1 fully saturated rings. The molecule has 72 valence electrons. The number of hydrogen-bond acceptors (Lipinski definition) is 0. The molecule has 1 aliphatic carbocycles. The summed E-state index contributed by atoms with van der Waals surface area (Å²) in [4.78, 5) is 0. The van der Waals surface area contributed by atoms with Crippen molar-refractivity contribution in [3.63, 3.8) is 0 Å². The highest BCUT2D eigenvalue weighted by Crippen LogP contribution is 2.53. The van der Waals surface area contributed by atoms with E-state index in [1.807, 2.05) is 6.08 Å². The van der Waals surface area contributed by atoms with E-state index in [-0.39, 0.29) is 0 Å². The predicted octanol–water partition coefficient (Wildman–Crippen LogP) is 4.43. The zero-order valence-corrected chi connectivity index (χ0v) is 9.41. The molecule has 1 saturated carbocycles. The van der Waals surface area contributed by atoms with Crippen LogP contribution in [-0.2, 0) is 0 Å². The van der Waals surface area contributed by atoms with Crippen LogP contribution in [-0.4, -0.2) is 0 Å². The van der Waals surface area contributed by atoms with Crippen LogP contribution in [0.2, 0.25) is 0 Å². The summed E-state index contributed by atoms with van der Waals surface area (Å²) in [7, 11) is 0. The van der Waals surface area contributed by atoms with Gasteiger partial charge in [-0.25, -0.2) is 0 Å². The lowest BCUT2D eigenvalue weighted by Gasteiger charge is -2.14. The van der Waals surface area contributed by atoms with Crippen LogP contribution in [0.1, 0.15) is 33.6 Å². The first-order valence-corrected chi connectivity index (χ1v) is 5.07. The van der Waals surface area contributed by atoms with Crippen molar-refractivity contribution in [2.45, 2.75) is 33.6 Å². The molecule has 0 saturated heterocycles. The molecule has 0 aromatic heterocycles. The quantitative estimate of drug-likeness (QED) is 0.586. The molecule has 1 aliphatic rings. The van der Waals surface area contributed by atoms with Gasteiger partial charge < -0.3 is 0 Å². The molecule has 0 N–H and O–H groups in total. The summed E-state index contributed by atoms with van der Waals surface area (Å²) in [5.74, 6) is 0. The first-order chi connectivity index (χ1) is 5.99. The highest BCUT2D eigenvalue weighted by molar-refractivity contribution is 6.30. The van der Waals surface area contributed by atoms with Gasteiger partial charge in [0.2, 0.25) is 0 Å². The summed E-state index contributed by atoms with van der Waals surface area (Å²) in [5.41, 5.74) is 3.10. The van der Waals surface area contributed by atoms with Gasteiger partial charge in [0, 0.05) is 5.03 Å². The van der Waals surface area contributed by atoms with Crippen molar-refractivity contribution in [1.29, 1.82) is 0 Å². The Morgan fingerprint density at radius 2 is 2.00 bits per heavy atom. The SMILES string of the molecule is C=C(Cl)/C=C(/C)C(=CC)C1(C)CC1. The van der Waals surface area contributed by atoms with E-state index in [0.717, 1.165) is 0 Å². The van der Waals surface area contributed by atoms with Crippen molar-refractivity contribution < 1.29 is 0 Å². The summed E-state index contributed by atoms with van der Waals surface area (Å²) in [6.45, 7) is 10.2. The number of rotatable bonds is 3. The van der Waals surface area contributed by atoms with Crippen molar-refractivity contribution >= 4 is 11.6 Å². The molecular formula is C12H17Cl. The van der Waals surface area contributed by atoms with E-state index in [0.29, 0.717) is 10.4 Å². The first-order valence-electron chi connectivity index (χ1n) is 4.69. The Kier molecular flexibility index (Phi) is 3.02. The molecule has 0 bridgehead atoms. The lowest BCUT2D eigenvalue weighted by molar-refractivity contribution is 0.696. The minimum atomic E-state index is 0.418. The third-order valence-corrected chi connectivity index (χ3v) is 2.85. The van der Waals surface area contributed by atoms with Gasteiger partial charge in [-0.1, -0.05) is 31.2 Å². The van der Waals surface area contributed by atoms with Gasteiger partial charge in [-0.2, -0.15) is 0 Å². The second-order valence-corrected chi connectivity index (χ2v) is 4.52. The lowest BCUT2D eigenvalue weighted by atomic mass is 9.91. The van der Waals surface area contributed by atoms with Gasteiger partial charge in [0.15, 0.2) is 0 Å². The molecule has 0 aromatic rings. The van der Waals surface area contributed by atoms with Crippen LogP contribution in [0, 0.1) is 5.41 Å². The molecule has 0 amide bonds. The minimum Gasteiger partial charge on any atom is -0.0850 e. The Balaban J connectivity index is 2.85. The molecule has 0 aliphatic heterocycles. The molecule has 0 unspecified atom stereocenters. The van der Waals surface area contributed by atoms with E-state index in [1.165, 1.54) is 24.0 Å². The third kappa shape index (κ3) is 2.47. The van der Waals surface area contributed by atoms with Crippen molar-refractivity contribution in [3.8, 4) is 0 Å². The molecule has 0 spiro atoms. The topological polar surface area (TPSA) is 0 Å². The average molecular weight is 197 g/mol. The monoisotopic (exact) mass is 196 g/mol. The molecule has 1 heteroatoms. The smallest absolute Gasteiger partial charge is 0.0336 e. The van der Waals surface area contributed by atoms with Crippen molar-refractivity contribution in [2.75, 3.05) is 0 Å². The standard InChI is InChI=1S/C12H17Cl/c1-5-11(12(4)6-7-12)9(2)8-10(3)13/h5,8H,3,6-7H2,1-2,4H3/b9-8-,11-5?. The van der Waals surface area contributed by atoms with Crippen LogP contribution in [0.25, 0.3) is 0 Å². The molecule has 1 rings (SSSR count). The van der Waals surface area contributed by atoms with E-state index in [4.69, 9.17) is 11.6 Å². The van der Waals surface area contributed by atoms with Gasteiger partial charge >= 0.3 is 0 Å². The first kappa shape index (κ1) is 10.6. The number of allylic oxidation sites excluding steroid dienone is 5. The highest BCUT2D eigenvalue weighted by Gasteiger charge is 2.40. The van der Waals surface area contributed by atoms with Gasteiger partial charge in [-0.05, 0) is 49.3 Å². The number of hydrogen-bond donors (Lipinski definition) is 0. The Hall–Kier alpha value is -0.490. The van der Waals surface area contributed by atoms with Crippen LogP contribution >= 0.6 is 11.6 Å². The fourth-order valence-corrected chi connectivity index (χ4v) is 1.99. The summed E-state index contributed by atoms with van der Waals surface area (Å²) in [5, 5.41) is 0.612. The van der Waals surface area contributed by atoms with E-state index in [9.17, 15) is 0 Å². The summed E-state index contributed by atoms with van der Waals surface area (Å²) >= 11 is 5.75. The van der Waals surface area contributed by atoms with Crippen molar-refractivity contribution in [1.82, 2.24) is 0 Å². The Labute approximate surface area is 86.0 Å². The summed E-state index contributed by atoms with van der Waals surface area (Å²) < 4.78 is 0. The van der Waals surface area contributed by atoms with E-state index in [1.54, 1.807) is 0 Å². The second kappa shape index (κ2) is 3.71. The molecular weight excluding hydrogens is 180 g/mol. The molecule has 0 heterocycles. The van der Waals surface area contributed by atoms with E-state index < -0.39 is 0 Å². The molecule has 13 heavy (non-hydrogen) atoms. The van der Waals surface area contributed by atoms with E-state index >= 15 is 0 Å². The van der Waals surface area contributed by atoms with Crippen LogP contribution in [0.15, 0.2) is 34.9 Å². The van der Waals surface area contributed by atoms with Crippen LogP contribution in [0.3, 0.4) is 0 Å². The maximum atomic E-state index is 5.75. The van der Waals surface area contributed by atoms with Crippen LogP contribution < -0.4 is 0 Å². The minimum absolute atomic E-state index is 0.418. The third-order valence-electron chi connectivity index (χ3n) is 2.74. The zero-order valence-electron chi connectivity index (χ0n) is 8.65. The van der Waals surface area contributed by atoms with Gasteiger partial charge in [-0.15, -0.1) is 0 Å². The van der Waals surface area contributed by atoms with Crippen molar-refractivity contribution in [2.24, 2.45) is 5.41 Å². The normalized spacial score (nSPS) is 21.5. The molecule has 0 nitrogen and oxygen atoms in total. The fourth-order valence-electron chi connectivity index (χ4n) is 1.82. The lowest BCUT2D eigenvalue weighted by Crippen LogP contribution is -2.00. The van der Waals surface area contributed by atoms with Gasteiger partial charge in [0.1, 0.15) is 0 Å². The highest BCUT2D eigenvalue weighted by atomic mass is 35.5. The fraction of sp³-hybridized carbons (Fsp3) is 0.500. The molecule has 0 aromatic carbocycles. The predicted molar refractivity (Wildman–Crippen MR) is 59.8 cm³/mol. The Morgan fingerprint density at radius 1 is 1.46 bits per heavy atom. The van der Waals surface area contributed by atoms with Crippen molar-refractivity contribution in [3.05, 3.63) is 34.9 Å². The zero-order chi connectivity index (χ0) is 10.1. The summed E-state index contributed by atoms with van der Waals surface area (Å²) in [6, 6.07) is 0. The second-order valence-electron chi connectivity index (χ2n) is 4.04. The molecule has 0 atom stereocenters. The maximum Gasteiger partial charge on any atom is 0.0336 e. The van der Waals surface area contributed by atoms with E-state index in [2.05, 4.69) is 33.4 Å². The Bertz CT molecular complexity index is 277. The van der Waals surface area contributed by atoms with Gasteiger partial charge in [0.05, 0.1) is 0 Å². The van der Waals surface area contributed by atoms with Crippen LogP contribution in [0.5, 0.6) is 0 Å². The van der Waals surface area contributed by atoms with Gasteiger partial charge in [-0.3, -0.25) is 0 Å². The molecule has 0 radical (unpaired) electrons. The largest absolute Gasteiger partial charge is 0.0850 e. The summed E-state index contributed by atoms with van der Waals surface area (Å²) in [6.07, 6.45) is 6.73. The van der Waals surface area contributed by atoms with Gasteiger partial charge in [0.25, 0.3) is 0 Å².